The number of rotatable bonds is 3. The standard InChI is InChI=1S/C16H9BrF2N2O/c17-12-6-5-10(14(19)8-12)7-11(9-20)16(22)21-15-4-2-1-3-13(15)18/h1-8H,(H,21,22)/b11-7+. The fourth-order valence-electron chi connectivity index (χ4n) is 1.67. The molecule has 0 aliphatic heterocycles. The van der Waals surface area contributed by atoms with Crippen LogP contribution in [0.1, 0.15) is 5.56 Å². The lowest BCUT2D eigenvalue weighted by molar-refractivity contribution is -0.112. The summed E-state index contributed by atoms with van der Waals surface area (Å²) in [6, 6.07) is 11.5. The second-order valence-electron chi connectivity index (χ2n) is 4.27. The van der Waals surface area contributed by atoms with Gasteiger partial charge in [-0.15, -0.1) is 0 Å². The smallest absolute Gasteiger partial charge is 0.266 e. The molecule has 0 radical (unpaired) electrons. The first-order valence-corrected chi connectivity index (χ1v) is 6.93. The van der Waals surface area contributed by atoms with Crippen LogP contribution in [-0.2, 0) is 4.79 Å². The van der Waals surface area contributed by atoms with Gasteiger partial charge in [-0.3, -0.25) is 4.79 Å². The fourth-order valence-corrected chi connectivity index (χ4v) is 2.01. The van der Waals surface area contributed by atoms with Gasteiger partial charge in [0.05, 0.1) is 5.69 Å². The summed E-state index contributed by atoms with van der Waals surface area (Å²) in [7, 11) is 0. The van der Waals surface area contributed by atoms with Gasteiger partial charge in [-0.05, 0) is 30.3 Å². The maximum atomic E-state index is 13.7. The third kappa shape index (κ3) is 3.77. The van der Waals surface area contributed by atoms with Gasteiger partial charge in [-0.2, -0.15) is 5.26 Å². The summed E-state index contributed by atoms with van der Waals surface area (Å²) >= 11 is 3.11. The Morgan fingerprint density at radius 3 is 2.55 bits per heavy atom. The number of anilines is 1. The van der Waals surface area contributed by atoms with E-state index in [0.29, 0.717) is 4.47 Å². The monoisotopic (exact) mass is 362 g/mol. The van der Waals surface area contributed by atoms with E-state index in [1.54, 1.807) is 18.2 Å². The minimum Gasteiger partial charge on any atom is -0.319 e. The normalized spacial score (nSPS) is 10.9. The number of para-hydroxylation sites is 1. The van der Waals surface area contributed by atoms with E-state index in [-0.39, 0.29) is 16.8 Å². The van der Waals surface area contributed by atoms with Crippen molar-refractivity contribution in [3.05, 3.63) is 69.7 Å². The highest BCUT2D eigenvalue weighted by atomic mass is 79.9. The van der Waals surface area contributed by atoms with Crippen molar-refractivity contribution < 1.29 is 13.6 Å². The Morgan fingerprint density at radius 2 is 1.91 bits per heavy atom. The highest BCUT2D eigenvalue weighted by Crippen LogP contribution is 2.19. The summed E-state index contributed by atoms with van der Waals surface area (Å²) in [5.74, 6) is -2.02. The zero-order chi connectivity index (χ0) is 16.1. The molecule has 0 saturated carbocycles. The molecule has 0 atom stereocenters. The number of nitrogens with one attached hydrogen (secondary N) is 1. The summed E-state index contributed by atoms with van der Waals surface area (Å²) in [5.41, 5.74) is -0.294. The van der Waals surface area contributed by atoms with Crippen molar-refractivity contribution in [1.29, 1.82) is 5.26 Å². The number of carbonyl (C=O) groups is 1. The number of amides is 1. The van der Waals surface area contributed by atoms with E-state index in [4.69, 9.17) is 5.26 Å². The third-order valence-electron chi connectivity index (χ3n) is 2.75. The van der Waals surface area contributed by atoms with E-state index >= 15 is 0 Å². The Hall–Kier alpha value is -2.52. The van der Waals surface area contributed by atoms with E-state index in [0.717, 1.165) is 6.08 Å². The Balaban J connectivity index is 2.28. The molecule has 2 aromatic rings. The lowest BCUT2D eigenvalue weighted by Gasteiger charge is -2.05. The van der Waals surface area contributed by atoms with Crippen molar-refractivity contribution in [1.82, 2.24) is 0 Å². The van der Waals surface area contributed by atoms with Crippen LogP contribution in [0, 0.1) is 23.0 Å². The molecule has 2 rings (SSSR count). The zero-order valence-electron chi connectivity index (χ0n) is 11.1. The highest BCUT2D eigenvalue weighted by Gasteiger charge is 2.12. The van der Waals surface area contributed by atoms with E-state index in [1.807, 2.05) is 0 Å². The van der Waals surface area contributed by atoms with Crippen LogP contribution in [0.15, 0.2) is 52.5 Å². The molecule has 1 amide bonds. The van der Waals surface area contributed by atoms with Gasteiger partial charge in [-0.1, -0.05) is 34.1 Å². The molecule has 0 saturated heterocycles. The average molecular weight is 363 g/mol. The lowest BCUT2D eigenvalue weighted by atomic mass is 10.1. The SMILES string of the molecule is N#C/C(=C\c1ccc(Br)cc1F)C(=O)Nc1ccccc1F. The molecule has 3 nitrogen and oxygen atoms in total. The summed E-state index contributed by atoms with van der Waals surface area (Å²) in [4.78, 5) is 12.0. The van der Waals surface area contributed by atoms with Crippen LogP contribution < -0.4 is 5.32 Å². The van der Waals surface area contributed by atoms with Crippen molar-refractivity contribution in [3.8, 4) is 6.07 Å². The zero-order valence-corrected chi connectivity index (χ0v) is 12.7. The molecule has 22 heavy (non-hydrogen) atoms. The van der Waals surface area contributed by atoms with Gasteiger partial charge in [0.2, 0.25) is 0 Å². The van der Waals surface area contributed by atoms with Crippen LogP contribution in [0.4, 0.5) is 14.5 Å². The van der Waals surface area contributed by atoms with Gasteiger partial charge in [-0.25, -0.2) is 8.78 Å². The fraction of sp³-hybridized carbons (Fsp3) is 0. The van der Waals surface area contributed by atoms with Crippen molar-refractivity contribution in [3.63, 3.8) is 0 Å². The van der Waals surface area contributed by atoms with Crippen LogP contribution in [-0.4, -0.2) is 5.91 Å². The number of hydrogen-bond donors (Lipinski definition) is 1. The number of nitriles is 1. The minimum atomic E-state index is -0.810. The molecule has 0 heterocycles. The summed E-state index contributed by atoms with van der Waals surface area (Å²) in [6.07, 6.45) is 1.11. The molecule has 0 unspecified atom stereocenters. The third-order valence-corrected chi connectivity index (χ3v) is 3.24. The number of hydrogen-bond acceptors (Lipinski definition) is 2. The van der Waals surface area contributed by atoms with E-state index < -0.39 is 17.5 Å². The van der Waals surface area contributed by atoms with Crippen molar-refractivity contribution in [2.24, 2.45) is 0 Å². The maximum Gasteiger partial charge on any atom is 0.266 e. The first kappa shape index (κ1) is 15.9. The Bertz CT molecular complexity index is 797. The van der Waals surface area contributed by atoms with Gasteiger partial charge in [0.25, 0.3) is 5.91 Å². The van der Waals surface area contributed by atoms with Crippen LogP contribution in [0.5, 0.6) is 0 Å². The van der Waals surface area contributed by atoms with E-state index in [9.17, 15) is 13.6 Å². The van der Waals surface area contributed by atoms with Crippen molar-refractivity contribution >= 4 is 33.6 Å². The molecule has 0 aliphatic rings. The number of halogens is 3. The maximum absolute atomic E-state index is 13.7. The quantitative estimate of drug-likeness (QED) is 0.654. The van der Waals surface area contributed by atoms with Gasteiger partial charge >= 0.3 is 0 Å². The molecular formula is C16H9BrF2N2O. The molecule has 0 fully saturated rings. The van der Waals surface area contributed by atoms with Gasteiger partial charge < -0.3 is 5.32 Å². The molecule has 0 bridgehead atoms. The van der Waals surface area contributed by atoms with E-state index in [1.165, 1.54) is 30.3 Å². The van der Waals surface area contributed by atoms with Crippen LogP contribution in [0.25, 0.3) is 6.08 Å². The Morgan fingerprint density at radius 1 is 1.18 bits per heavy atom. The Labute approximate surface area is 134 Å². The van der Waals surface area contributed by atoms with Gasteiger partial charge in [0.1, 0.15) is 23.3 Å². The molecule has 2 aromatic carbocycles. The molecular weight excluding hydrogens is 354 g/mol. The average Bonchev–Trinajstić information content (AvgIpc) is 2.49. The van der Waals surface area contributed by atoms with Crippen LogP contribution in [0.2, 0.25) is 0 Å². The minimum absolute atomic E-state index is 0.0510. The second kappa shape index (κ2) is 6.96. The molecule has 0 aromatic heterocycles. The van der Waals surface area contributed by atoms with Gasteiger partial charge in [0, 0.05) is 10.0 Å². The largest absolute Gasteiger partial charge is 0.319 e. The number of nitrogens with zero attached hydrogens (tertiary/aromatic N) is 1. The predicted octanol–water partition coefficient (Wildman–Crippen LogP) is 4.27. The number of benzene rings is 2. The van der Waals surface area contributed by atoms with Crippen molar-refractivity contribution in [2.75, 3.05) is 5.32 Å². The highest BCUT2D eigenvalue weighted by molar-refractivity contribution is 9.10. The second-order valence-corrected chi connectivity index (χ2v) is 5.19. The lowest BCUT2D eigenvalue weighted by Crippen LogP contribution is -2.14. The van der Waals surface area contributed by atoms with Crippen LogP contribution in [0.3, 0.4) is 0 Å². The van der Waals surface area contributed by atoms with Crippen molar-refractivity contribution in [2.45, 2.75) is 0 Å². The Kier molecular flexibility index (Phi) is 5.02. The molecule has 0 spiro atoms. The molecule has 110 valence electrons. The molecule has 0 aliphatic carbocycles. The summed E-state index contributed by atoms with van der Waals surface area (Å²) in [5, 5.41) is 11.3. The number of carbonyl (C=O) groups excluding carboxylic acids is 1. The topological polar surface area (TPSA) is 52.9 Å². The first-order valence-electron chi connectivity index (χ1n) is 6.14. The summed E-state index contributed by atoms with van der Waals surface area (Å²) < 4.78 is 27.7. The molecule has 1 N–H and O–H groups in total. The van der Waals surface area contributed by atoms with E-state index in [2.05, 4.69) is 21.2 Å². The first-order chi connectivity index (χ1) is 10.5. The molecule has 6 heteroatoms. The predicted molar refractivity (Wildman–Crippen MR) is 82.7 cm³/mol. The van der Waals surface area contributed by atoms with Gasteiger partial charge in [0.15, 0.2) is 0 Å². The van der Waals surface area contributed by atoms with Crippen LogP contribution >= 0.6 is 15.9 Å². The summed E-state index contributed by atoms with van der Waals surface area (Å²) in [6.45, 7) is 0.